The van der Waals surface area contributed by atoms with E-state index in [2.05, 4.69) is 4.98 Å². The number of aliphatic hydroxyl groups is 1. The summed E-state index contributed by atoms with van der Waals surface area (Å²) < 4.78 is 1.84. The molecule has 1 N–H and O–H groups in total. The molecule has 0 aliphatic heterocycles. The van der Waals surface area contributed by atoms with E-state index >= 15 is 0 Å². The van der Waals surface area contributed by atoms with Gasteiger partial charge in [-0.15, -0.1) is 0 Å². The van der Waals surface area contributed by atoms with Crippen molar-refractivity contribution in [3.63, 3.8) is 0 Å². The van der Waals surface area contributed by atoms with Crippen molar-refractivity contribution in [2.75, 3.05) is 0 Å². The second-order valence-electron chi connectivity index (χ2n) is 3.54. The zero-order chi connectivity index (χ0) is 11.5. The van der Waals surface area contributed by atoms with Gasteiger partial charge in [-0.3, -0.25) is 0 Å². The number of aromatic nitrogens is 2. The Balaban J connectivity index is 2.53. The van der Waals surface area contributed by atoms with Gasteiger partial charge in [0.05, 0.1) is 35.9 Å². The molecule has 2 rings (SSSR count). The van der Waals surface area contributed by atoms with Crippen LogP contribution in [0.3, 0.4) is 0 Å². The standard InChI is InChI=1S/C12H11N3O/c1-9-6-15(8-14-9)12-3-2-10(5-13)4-11(12)7-16/h2-4,6,8,16H,7H2,1H3. The summed E-state index contributed by atoms with van der Waals surface area (Å²) in [6.07, 6.45) is 3.57. The molecule has 0 spiro atoms. The average molecular weight is 213 g/mol. The quantitative estimate of drug-likeness (QED) is 0.823. The van der Waals surface area contributed by atoms with Gasteiger partial charge in [0, 0.05) is 11.8 Å². The van der Waals surface area contributed by atoms with Crippen LogP contribution >= 0.6 is 0 Å². The van der Waals surface area contributed by atoms with Crippen LogP contribution in [0.25, 0.3) is 5.69 Å². The van der Waals surface area contributed by atoms with Crippen molar-refractivity contribution in [2.24, 2.45) is 0 Å². The summed E-state index contributed by atoms with van der Waals surface area (Å²) in [4.78, 5) is 4.13. The smallest absolute Gasteiger partial charge is 0.0995 e. The number of nitrogens with zero attached hydrogens (tertiary/aromatic N) is 3. The van der Waals surface area contributed by atoms with Gasteiger partial charge in [-0.1, -0.05) is 0 Å². The van der Waals surface area contributed by atoms with E-state index in [-0.39, 0.29) is 6.61 Å². The van der Waals surface area contributed by atoms with Crippen LogP contribution in [0.15, 0.2) is 30.7 Å². The predicted octanol–water partition coefficient (Wildman–Crippen LogP) is 1.54. The molecular weight excluding hydrogens is 202 g/mol. The summed E-state index contributed by atoms with van der Waals surface area (Å²) >= 11 is 0. The van der Waals surface area contributed by atoms with Crippen LogP contribution < -0.4 is 0 Å². The van der Waals surface area contributed by atoms with Gasteiger partial charge in [0.2, 0.25) is 0 Å². The fourth-order valence-corrected chi connectivity index (χ4v) is 1.59. The van der Waals surface area contributed by atoms with Gasteiger partial charge in [0.25, 0.3) is 0 Å². The molecule has 1 aromatic carbocycles. The minimum atomic E-state index is -0.0952. The maximum Gasteiger partial charge on any atom is 0.0995 e. The molecule has 1 aromatic heterocycles. The molecule has 0 unspecified atom stereocenters. The number of aliphatic hydroxyl groups excluding tert-OH is 1. The number of benzene rings is 1. The minimum Gasteiger partial charge on any atom is -0.392 e. The fraction of sp³-hybridized carbons (Fsp3) is 0.167. The molecule has 16 heavy (non-hydrogen) atoms. The summed E-state index contributed by atoms with van der Waals surface area (Å²) in [7, 11) is 0. The van der Waals surface area contributed by atoms with Crippen molar-refractivity contribution in [1.29, 1.82) is 5.26 Å². The number of imidazole rings is 1. The molecule has 80 valence electrons. The van der Waals surface area contributed by atoms with E-state index in [1.165, 1.54) is 0 Å². The first kappa shape index (κ1) is 10.4. The summed E-state index contributed by atoms with van der Waals surface area (Å²) in [5.74, 6) is 0. The summed E-state index contributed by atoms with van der Waals surface area (Å²) in [5, 5.41) is 18.0. The lowest BCUT2D eigenvalue weighted by Crippen LogP contribution is -1.98. The summed E-state index contributed by atoms with van der Waals surface area (Å²) in [6.45, 7) is 1.81. The van der Waals surface area contributed by atoms with Gasteiger partial charge >= 0.3 is 0 Å². The van der Waals surface area contributed by atoms with Crippen molar-refractivity contribution in [2.45, 2.75) is 13.5 Å². The highest BCUT2D eigenvalue weighted by Gasteiger charge is 2.05. The van der Waals surface area contributed by atoms with Gasteiger partial charge in [0.15, 0.2) is 0 Å². The Morgan fingerprint density at radius 2 is 2.31 bits per heavy atom. The van der Waals surface area contributed by atoms with Gasteiger partial charge in [-0.2, -0.15) is 5.26 Å². The zero-order valence-corrected chi connectivity index (χ0v) is 8.88. The van der Waals surface area contributed by atoms with Crippen molar-refractivity contribution >= 4 is 0 Å². The lowest BCUT2D eigenvalue weighted by molar-refractivity contribution is 0.281. The normalized spacial score (nSPS) is 10.1. The van der Waals surface area contributed by atoms with E-state index in [1.54, 1.807) is 18.5 Å². The molecule has 2 aromatic rings. The van der Waals surface area contributed by atoms with Crippen LogP contribution in [-0.4, -0.2) is 14.7 Å². The first-order valence-electron chi connectivity index (χ1n) is 4.89. The Morgan fingerprint density at radius 1 is 1.50 bits per heavy atom. The van der Waals surface area contributed by atoms with Crippen molar-refractivity contribution in [3.8, 4) is 11.8 Å². The maximum absolute atomic E-state index is 9.26. The molecule has 0 saturated heterocycles. The highest BCUT2D eigenvalue weighted by atomic mass is 16.3. The number of hydrogen-bond donors (Lipinski definition) is 1. The molecular formula is C12H11N3O. The van der Waals surface area contributed by atoms with E-state index in [0.717, 1.165) is 16.9 Å². The lowest BCUT2D eigenvalue weighted by Gasteiger charge is -2.07. The molecule has 0 aliphatic rings. The number of rotatable bonds is 2. The first-order chi connectivity index (χ1) is 7.74. The van der Waals surface area contributed by atoms with E-state index in [9.17, 15) is 5.11 Å². The minimum absolute atomic E-state index is 0.0952. The Labute approximate surface area is 93.4 Å². The Hall–Kier alpha value is -2.12. The van der Waals surface area contributed by atoms with Crippen LogP contribution in [0.2, 0.25) is 0 Å². The molecule has 0 bridgehead atoms. The van der Waals surface area contributed by atoms with Gasteiger partial charge in [-0.05, 0) is 25.1 Å². The monoisotopic (exact) mass is 213 g/mol. The lowest BCUT2D eigenvalue weighted by atomic mass is 10.1. The molecule has 0 atom stereocenters. The first-order valence-corrected chi connectivity index (χ1v) is 4.89. The van der Waals surface area contributed by atoms with Crippen LogP contribution in [0.5, 0.6) is 0 Å². The predicted molar refractivity (Wildman–Crippen MR) is 58.9 cm³/mol. The van der Waals surface area contributed by atoms with Gasteiger partial charge in [0.1, 0.15) is 0 Å². The zero-order valence-electron chi connectivity index (χ0n) is 8.88. The SMILES string of the molecule is Cc1cn(-c2ccc(C#N)cc2CO)cn1. The fourth-order valence-electron chi connectivity index (χ4n) is 1.59. The Kier molecular flexibility index (Phi) is 2.71. The second kappa shape index (κ2) is 4.17. The third-order valence-electron chi connectivity index (χ3n) is 2.37. The van der Waals surface area contributed by atoms with Crippen LogP contribution in [-0.2, 0) is 6.61 Å². The highest BCUT2D eigenvalue weighted by molar-refractivity contribution is 5.46. The molecule has 0 aliphatic carbocycles. The Bertz CT molecular complexity index is 552. The van der Waals surface area contributed by atoms with E-state index < -0.39 is 0 Å². The van der Waals surface area contributed by atoms with E-state index in [1.807, 2.05) is 29.8 Å². The molecule has 0 fully saturated rings. The molecule has 0 saturated carbocycles. The Morgan fingerprint density at radius 3 is 2.88 bits per heavy atom. The molecule has 4 heteroatoms. The topological polar surface area (TPSA) is 61.8 Å². The summed E-state index contributed by atoms with van der Waals surface area (Å²) in [5.41, 5.74) is 3.02. The van der Waals surface area contributed by atoms with Crippen molar-refractivity contribution in [1.82, 2.24) is 9.55 Å². The maximum atomic E-state index is 9.26. The average Bonchev–Trinajstić information content (AvgIpc) is 2.74. The largest absolute Gasteiger partial charge is 0.392 e. The van der Waals surface area contributed by atoms with Crippen LogP contribution in [0.4, 0.5) is 0 Å². The number of aryl methyl sites for hydroxylation is 1. The molecule has 4 nitrogen and oxygen atoms in total. The van der Waals surface area contributed by atoms with Gasteiger partial charge < -0.3 is 9.67 Å². The van der Waals surface area contributed by atoms with E-state index in [0.29, 0.717) is 5.56 Å². The van der Waals surface area contributed by atoms with Crippen LogP contribution in [0.1, 0.15) is 16.8 Å². The summed E-state index contributed by atoms with van der Waals surface area (Å²) in [6, 6.07) is 7.27. The molecule has 0 amide bonds. The van der Waals surface area contributed by atoms with Gasteiger partial charge in [-0.25, -0.2) is 4.98 Å². The number of nitriles is 1. The molecule has 0 radical (unpaired) electrons. The molecule has 1 heterocycles. The highest BCUT2D eigenvalue weighted by Crippen LogP contribution is 2.17. The number of hydrogen-bond acceptors (Lipinski definition) is 3. The third kappa shape index (κ3) is 1.81. The van der Waals surface area contributed by atoms with Crippen LogP contribution in [0, 0.1) is 18.3 Å². The van der Waals surface area contributed by atoms with Crippen molar-refractivity contribution in [3.05, 3.63) is 47.5 Å². The van der Waals surface area contributed by atoms with E-state index in [4.69, 9.17) is 5.26 Å². The third-order valence-corrected chi connectivity index (χ3v) is 2.37. The second-order valence-corrected chi connectivity index (χ2v) is 3.54. The van der Waals surface area contributed by atoms with Crippen molar-refractivity contribution < 1.29 is 5.11 Å².